The summed E-state index contributed by atoms with van der Waals surface area (Å²) in [7, 11) is 8.30. The Hall–Kier alpha value is -12.3. The molecule has 17 rings (SSSR count). The number of benzene rings is 8. The van der Waals surface area contributed by atoms with Gasteiger partial charge in [0.15, 0.2) is 22.1 Å². The Balaban J connectivity index is 0.000000129. The monoisotopic (exact) mass is 1540 g/mol. The van der Waals surface area contributed by atoms with Crippen LogP contribution < -0.4 is 18.3 Å². The highest BCUT2D eigenvalue weighted by atomic mass is 15.0. The van der Waals surface area contributed by atoms with Crippen LogP contribution in [-0.2, 0) is 34.6 Å². The second-order valence-corrected chi connectivity index (χ2v) is 33.5. The van der Waals surface area contributed by atoms with Gasteiger partial charge in [-0.2, -0.15) is 0 Å². The first kappa shape index (κ1) is 81.3. The van der Waals surface area contributed by atoms with E-state index in [9.17, 15) is 0 Å². The summed E-state index contributed by atoms with van der Waals surface area (Å²) in [5.74, 6) is 1.71. The van der Waals surface area contributed by atoms with Crippen LogP contribution in [0.3, 0.4) is 0 Å². The van der Waals surface area contributed by atoms with Crippen molar-refractivity contribution in [1.82, 2.24) is 39.9 Å². The van der Waals surface area contributed by atoms with Gasteiger partial charge in [-0.3, -0.25) is 19.9 Å². The van der Waals surface area contributed by atoms with Gasteiger partial charge in [0.1, 0.15) is 22.8 Å². The van der Waals surface area contributed by atoms with Crippen LogP contribution >= 0.6 is 0 Å². The zero-order valence-electron chi connectivity index (χ0n) is 72.4. The molecule has 0 aliphatic heterocycles. The molecular weight excluding hydrogens is 1430 g/mol. The fraction of sp³-hybridized carbons (Fsp3) is 0.276. The summed E-state index contributed by atoms with van der Waals surface area (Å²) < 4.78 is 8.54. The largest absolute Gasteiger partial charge is 0.287 e. The highest BCUT2D eigenvalue weighted by molar-refractivity contribution is 6.03. The molecule has 8 aromatic carbocycles. The number of rotatable bonds is 12. The second-order valence-electron chi connectivity index (χ2n) is 33.5. The van der Waals surface area contributed by atoms with Crippen LogP contribution in [0.25, 0.3) is 133 Å². The lowest BCUT2D eigenvalue weighted by molar-refractivity contribution is -0.662. The molecule has 8 heterocycles. The third-order valence-electron chi connectivity index (χ3n) is 23.8. The molecular formula is C105H112N12+4. The molecule has 0 spiro atoms. The molecule has 0 atom stereocenters. The first-order valence-corrected chi connectivity index (χ1v) is 41.4. The summed E-state index contributed by atoms with van der Waals surface area (Å²) in [5.41, 5.74) is 43.0. The maximum Gasteiger partial charge on any atom is 0.287 e. The van der Waals surface area contributed by atoms with Crippen molar-refractivity contribution in [2.45, 2.75) is 162 Å². The molecule has 588 valence electrons. The number of hydrogen-bond donors (Lipinski definition) is 0. The Kier molecular flexibility index (Phi) is 24.1. The third-order valence-corrected chi connectivity index (χ3v) is 23.8. The maximum atomic E-state index is 4.87. The van der Waals surface area contributed by atoms with E-state index >= 15 is 0 Å². The summed E-state index contributed by atoms with van der Waals surface area (Å²) in [5, 5.41) is 4.65. The zero-order valence-corrected chi connectivity index (χ0v) is 72.4. The number of pyridine rings is 4. The molecule has 8 aromatic heterocycles. The van der Waals surface area contributed by atoms with E-state index < -0.39 is 0 Å². The van der Waals surface area contributed by atoms with Gasteiger partial charge in [0.25, 0.3) is 25.3 Å². The minimum atomic E-state index is 0.424. The molecule has 0 saturated heterocycles. The van der Waals surface area contributed by atoms with Crippen LogP contribution in [0, 0.1) is 95.9 Å². The standard InChI is InChI=1S/C28H30N3.C27H30N3.C26H28N3.C24H24N3/c1-18-14-19(2)20(3)25(15-18)28-24-11-7-10-23(27(24)30-17-31(28)4)26-13-12-22(16-29-26)21-8-5-6-9-21;1-17(2)12-22-11-10-21(15-28-22)23-8-7-9-24-26(23)29-16-30(6)27(24)25-14-18(3)13-19(4)20(25)5;1-16(2)24-11-10-20(14-27-24)21-8-7-9-22-25(21)28-15-29(6)26(22)23-13-17(3)12-18(4)19(23)5;1-15-11-16(2)18(4)22(12-15)24-21-8-6-7-20(23(21)26-14-27(24)5)19-10-9-17(3)25-13-19/h7,10-17,21H,5-6,8-9H2,1-4H3;7-11,13-17H,12H2,1-6H3;7-16H,1-6H3;6-14H,1-5H3/q4*+1. The van der Waals surface area contributed by atoms with Crippen LogP contribution in [0.1, 0.15) is 155 Å². The maximum absolute atomic E-state index is 4.87. The van der Waals surface area contributed by atoms with Crippen LogP contribution in [-0.4, -0.2) is 39.9 Å². The SMILES string of the molecule is Cc1cc(C)c(C)c(-c2c3cccc(-c4ccc(C(C)C)nc4)c3nc[n+]2C)c1.Cc1cc(C)c(C)c(-c2c3cccc(-c4ccc(C)nc4)c3nc[n+]2C)c1.Cc1cc(C)c(C)c(-c2c3cccc(-c4ccc(C5CCCC5)cn4)c3nc[n+]2C)c1.Cc1cc(C)c(C)c(-c2c3cccc(-c4ccc(CC(C)C)nc4)c3nc[n+]2C)c1. The molecule has 0 radical (unpaired) electrons. The van der Waals surface area contributed by atoms with E-state index in [0.717, 1.165) is 112 Å². The van der Waals surface area contributed by atoms with E-state index in [0.29, 0.717) is 17.8 Å². The second kappa shape index (κ2) is 34.6. The van der Waals surface area contributed by atoms with E-state index in [1.165, 1.54) is 143 Å². The van der Waals surface area contributed by atoms with Crippen LogP contribution in [0.5, 0.6) is 0 Å². The number of hydrogen-bond acceptors (Lipinski definition) is 8. The van der Waals surface area contributed by atoms with E-state index in [1.54, 1.807) is 0 Å². The molecule has 0 amide bonds. The average molecular weight is 1540 g/mol. The molecule has 12 nitrogen and oxygen atoms in total. The van der Waals surface area contributed by atoms with Gasteiger partial charge in [-0.25, -0.2) is 18.3 Å². The Morgan fingerprint density at radius 2 is 0.675 bits per heavy atom. The average Bonchev–Trinajstić information content (AvgIpc) is 1.05. The normalized spacial score (nSPS) is 12.2. The smallest absolute Gasteiger partial charge is 0.261 e. The summed E-state index contributed by atoms with van der Waals surface area (Å²) in [4.78, 5) is 38.0. The Morgan fingerprint density at radius 1 is 0.325 bits per heavy atom. The molecule has 0 N–H and O–H groups in total. The van der Waals surface area contributed by atoms with Crippen LogP contribution in [0.2, 0.25) is 0 Å². The van der Waals surface area contributed by atoms with E-state index in [1.807, 2.05) is 56.9 Å². The number of aryl methyl sites for hydroxylation is 13. The Bertz CT molecular complexity index is 6410. The molecule has 1 aliphatic carbocycles. The van der Waals surface area contributed by atoms with Gasteiger partial charge in [0.05, 0.1) is 61.0 Å². The molecule has 1 saturated carbocycles. The van der Waals surface area contributed by atoms with Gasteiger partial charge >= 0.3 is 0 Å². The molecule has 0 bridgehead atoms. The fourth-order valence-electron chi connectivity index (χ4n) is 17.2. The van der Waals surface area contributed by atoms with Crippen molar-refractivity contribution in [2.24, 2.45) is 34.1 Å². The van der Waals surface area contributed by atoms with E-state index in [-0.39, 0.29) is 0 Å². The molecule has 12 heteroatoms. The summed E-state index contributed by atoms with van der Waals surface area (Å²) in [6.45, 7) is 37.0. The quantitative estimate of drug-likeness (QED) is 0.111. The first-order chi connectivity index (χ1) is 56.2. The van der Waals surface area contributed by atoms with Gasteiger partial charge < -0.3 is 0 Å². The van der Waals surface area contributed by atoms with Crippen molar-refractivity contribution in [2.75, 3.05) is 0 Å². The van der Waals surface area contributed by atoms with Crippen molar-refractivity contribution in [1.29, 1.82) is 0 Å². The number of aromatic nitrogens is 12. The molecule has 16 aromatic rings. The van der Waals surface area contributed by atoms with Crippen molar-refractivity contribution >= 4 is 43.6 Å². The fourth-order valence-corrected chi connectivity index (χ4v) is 17.2. The summed E-state index contributed by atoms with van der Waals surface area (Å²) in [6.07, 6.45) is 22.0. The van der Waals surface area contributed by atoms with Gasteiger partial charge in [-0.05, 0) is 294 Å². The highest BCUT2D eigenvalue weighted by Gasteiger charge is 2.27. The number of para-hydroxylation sites is 4. The van der Waals surface area contributed by atoms with Crippen molar-refractivity contribution < 1.29 is 18.3 Å². The predicted octanol–water partition coefficient (Wildman–Crippen LogP) is 23.1. The Labute approximate surface area is 692 Å². The van der Waals surface area contributed by atoms with Crippen molar-refractivity contribution in [3.05, 3.63) is 309 Å². The minimum absolute atomic E-state index is 0.424. The molecule has 0 unspecified atom stereocenters. The highest BCUT2D eigenvalue weighted by Crippen LogP contribution is 2.41. The molecule has 1 fully saturated rings. The molecule has 117 heavy (non-hydrogen) atoms. The lowest BCUT2D eigenvalue weighted by Gasteiger charge is -2.13. The van der Waals surface area contributed by atoms with Crippen LogP contribution in [0.4, 0.5) is 0 Å². The number of fused-ring (bicyclic) bond motifs is 4. The topological polar surface area (TPSA) is 119 Å². The Morgan fingerprint density at radius 3 is 0.991 bits per heavy atom. The van der Waals surface area contributed by atoms with Gasteiger partial charge in [0, 0.05) is 97.5 Å². The number of nitrogens with zero attached hydrogens (tertiary/aromatic N) is 12. The minimum Gasteiger partial charge on any atom is -0.261 e. The van der Waals surface area contributed by atoms with Crippen molar-refractivity contribution in [3.63, 3.8) is 0 Å². The van der Waals surface area contributed by atoms with Crippen molar-refractivity contribution in [3.8, 4) is 89.7 Å². The van der Waals surface area contributed by atoms with E-state index in [4.69, 9.17) is 29.9 Å². The van der Waals surface area contributed by atoms with Gasteiger partial charge in [-0.15, -0.1) is 0 Å². The predicted molar refractivity (Wildman–Crippen MR) is 482 cm³/mol. The molecule has 1 aliphatic rings. The van der Waals surface area contributed by atoms with E-state index in [2.05, 4.69) is 337 Å². The van der Waals surface area contributed by atoms with Gasteiger partial charge in [-0.1, -0.05) is 136 Å². The zero-order chi connectivity index (χ0) is 82.8. The lowest BCUT2D eigenvalue weighted by atomic mass is 9.94. The first-order valence-electron chi connectivity index (χ1n) is 41.4. The third kappa shape index (κ3) is 17.1. The summed E-state index contributed by atoms with van der Waals surface area (Å²) in [6, 6.07) is 61.1. The van der Waals surface area contributed by atoms with Crippen LogP contribution in [0.15, 0.2) is 220 Å². The summed E-state index contributed by atoms with van der Waals surface area (Å²) >= 11 is 0. The van der Waals surface area contributed by atoms with Gasteiger partial charge in [0.2, 0.25) is 0 Å². The lowest BCUT2D eigenvalue weighted by Crippen LogP contribution is -2.32.